The van der Waals surface area contributed by atoms with Crippen LogP contribution >= 0.6 is 0 Å². The molecule has 2 aromatic rings. The fourth-order valence-electron chi connectivity index (χ4n) is 3.96. The normalized spacial score (nSPS) is 21.9. The molecule has 1 N–H and O–H groups in total. The van der Waals surface area contributed by atoms with Gasteiger partial charge in [-0.3, -0.25) is 9.69 Å². The van der Waals surface area contributed by atoms with Gasteiger partial charge in [0.2, 0.25) is 5.91 Å². The van der Waals surface area contributed by atoms with Crippen LogP contribution in [0.3, 0.4) is 0 Å². The second kappa shape index (κ2) is 6.00. The van der Waals surface area contributed by atoms with Gasteiger partial charge in [-0.2, -0.15) is 0 Å². The maximum Gasteiger partial charge on any atom is 0.219 e. The summed E-state index contributed by atoms with van der Waals surface area (Å²) in [4.78, 5) is 20.0. The first-order valence-corrected chi connectivity index (χ1v) is 8.78. The van der Waals surface area contributed by atoms with Crippen LogP contribution in [0.4, 0.5) is 0 Å². The Morgan fingerprint density at radius 2 is 2.17 bits per heavy atom. The van der Waals surface area contributed by atoms with Crippen LogP contribution in [0.2, 0.25) is 0 Å². The predicted octanol–water partition coefficient (Wildman–Crippen LogP) is 3.14. The number of carbonyl (C=O) groups excluding carboxylic acids is 1. The van der Waals surface area contributed by atoms with E-state index in [9.17, 15) is 4.79 Å². The van der Waals surface area contributed by atoms with Crippen LogP contribution in [-0.2, 0) is 11.3 Å². The van der Waals surface area contributed by atoms with Gasteiger partial charge >= 0.3 is 0 Å². The zero-order valence-electron chi connectivity index (χ0n) is 13.8. The topological polar surface area (TPSA) is 39.3 Å². The van der Waals surface area contributed by atoms with Crippen LogP contribution in [0.25, 0.3) is 10.9 Å². The van der Waals surface area contributed by atoms with E-state index in [1.165, 1.54) is 42.1 Å². The van der Waals surface area contributed by atoms with Crippen molar-refractivity contribution in [3.63, 3.8) is 0 Å². The highest BCUT2D eigenvalue weighted by molar-refractivity contribution is 5.82. The number of aromatic amines is 1. The molecular formula is C19H25N3O. The third-order valence-corrected chi connectivity index (χ3v) is 5.35. The van der Waals surface area contributed by atoms with Crippen molar-refractivity contribution in [2.24, 2.45) is 0 Å². The Bertz CT molecular complexity index is 703. The Balaban J connectivity index is 1.49. The summed E-state index contributed by atoms with van der Waals surface area (Å²) in [5.74, 6) is 0.241. The largest absolute Gasteiger partial charge is 0.361 e. The van der Waals surface area contributed by atoms with E-state index < -0.39 is 0 Å². The number of fused-ring (bicyclic) bond motifs is 1. The van der Waals surface area contributed by atoms with Crippen molar-refractivity contribution in [3.8, 4) is 0 Å². The van der Waals surface area contributed by atoms with Gasteiger partial charge < -0.3 is 9.88 Å². The number of amides is 1. The smallest absolute Gasteiger partial charge is 0.219 e. The number of likely N-dealkylation sites (tertiary alicyclic amines) is 1. The molecule has 4 rings (SSSR count). The van der Waals surface area contributed by atoms with Crippen LogP contribution in [0.1, 0.15) is 38.2 Å². The Hall–Kier alpha value is -1.81. The summed E-state index contributed by atoms with van der Waals surface area (Å²) in [5.41, 5.74) is 2.61. The van der Waals surface area contributed by atoms with E-state index >= 15 is 0 Å². The highest BCUT2D eigenvalue weighted by Gasteiger charge is 2.35. The highest BCUT2D eigenvalue weighted by Crippen LogP contribution is 2.30. The number of nitrogens with zero attached hydrogens (tertiary/aromatic N) is 2. The van der Waals surface area contributed by atoms with Gasteiger partial charge in [0.25, 0.3) is 0 Å². The van der Waals surface area contributed by atoms with Crippen LogP contribution in [-0.4, -0.2) is 45.9 Å². The fraction of sp³-hybridized carbons (Fsp3) is 0.526. The van der Waals surface area contributed by atoms with E-state index in [2.05, 4.69) is 39.0 Å². The quantitative estimate of drug-likeness (QED) is 0.921. The molecule has 1 aliphatic carbocycles. The number of hydrogen-bond donors (Lipinski definition) is 1. The molecule has 1 unspecified atom stereocenters. The first-order valence-electron chi connectivity index (χ1n) is 8.78. The summed E-state index contributed by atoms with van der Waals surface area (Å²) < 4.78 is 0. The predicted molar refractivity (Wildman–Crippen MR) is 92.1 cm³/mol. The highest BCUT2D eigenvalue weighted by atomic mass is 16.2. The second-order valence-electron chi connectivity index (χ2n) is 7.03. The molecule has 1 aromatic carbocycles. The van der Waals surface area contributed by atoms with E-state index in [-0.39, 0.29) is 5.91 Å². The molecule has 0 bridgehead atoms. The third kappa shape index (κ3) is 3.00. The lowest BCUT2D eigenvalue weighted by atomic mass is 10.1. The number of para-hydroxylation sites is 1. The van der Waals surface area contributed by atoms with E-state index in [1.807, 2.05) is 6.20 Å². The van der Waals surface area contributed by atoms with Gasteiger partial charge in [0.15, 0.2) is 0 Å². The lowest BCUT2D eigenvalue weighted by Crippen LogP contribution is -2.43. The van der Waals surface area contributed by atoms with E-state index in [4.69, 9.17) is 0 Å². The van der Waals surface area contributed by atoms with Gasteiger partial charge in [0.05, 0.1) is 0 Å². The van der Waals surface area contributed by atoms with Gasteiger partial charge in [0.1, 0.15) is 0 Å². The molecule has 122 valence electrons. The number of aromatic nitrogens is 1. The molecule has 1 amide bonds. The fourth-order valence-corrected chi connectivity index (χ4v) is 3.96. The zero-order chi connectivity index (χ0) is 15.8. The molecular weight excluding hydrogens is 286 g/mol. The van der Waals surface area contributed by atoms with Crippen molar-refractivity contribution >= 4 is 16.8 Å². The van der Waals surface area contributed by atoms with Crippen molar-refractivity contribution in [3.05, 3.63) is 36.0 Å². The Morgan fingerprint density at radius 3 is 2.96 bits per heavy atom. The van der Waals surface area contributed by atoms with Crippen molar-refractivity contribution in [1.82, 2.24) is 14.8 Å². The number of carbonyl (C=O) groups is 1. The summed E-state index contributed by atoms with van der Waals surface area (Å²) in [5, 5.41) is 1.28. The minimum Gasteiger partial charge on any atom is -0.361 e. The van der Waals surface area contributed by atoms with Crippen molar-refractivity contribution in [2.75, 3.05) is 13.1 Å². The number of rotatable bonds is 5. The molecule has 0 spiro atoms. The second-order valence-corrected chi connectivity index (χ2v) is 7.03. The molecule has 2 fully saturated rings. The molecule has 23 heavy (non-hydrogen) atoms. The zero-order valence-corrected chi connectivity index (χ0v) is 13.8. The van der Waals surface area contributed by atoms with Gasteiger partial charge in [-0.05, 0) is 49.2 Å². The van der Waals surface area contributed by atoms with Crippen molar-refractivity contribution in [1.29, 1.82) is 0 Å². The molecule has 1 saturated heterocycles. The van der Waals surface area contributed by atoms with E-state index in [1.54, 1.807) is 6.92 Å². The van der Waals surface area contributed by atoms with Crippen LogP contribution < -0.4 is 0 Å². The molecule has 1 aliphatic heterocycles. The summed E-state index contributed by atoms with van der Waals surface area (Å²) >= 11 is 0. The first kappa shape index (κ1) is 14.8. The monoisotopic (exact) mass is 311 g/mol. The standard InChI is InChI=1S/C19H25N3O/c1-14(23)22(17-7-8-17)13-18-6-3-11-21(18)12-16-5-2-4-15-9-10-20-19(15)16/h2,4-5,9-10,17-18,20H,3,6-8,11-13H2,1H3. The van der Waals surface area contributed by atoms with Gasteiger partial charge in [-0.25, -0.2) is 0 Å². The maximum atomic E-state index is 11.9. The lowest BCUT2D eigenvalue weighted by Gasteiger charge is -2.30. The van der Waals surface area contributed by atoms with Gasteiger partial charge in [0, 0.05) is 43.8 Å². The van der Waals surface area contributed by atoms with Crippen molar-refractivity contribution < 1.29 is 4.79 Å². The van der Waals surface area contributed by atoms with Crippen LogP contribution in [0, 0.1) is 0 Å². The summed E-state index contributed by atoms with van der Waals surface area (Å²) in [7, 11) is 0. The average molecular weight is 311 g/mol. The molecule has 1 atom stereocenters. The minimum absolute atomic E-state index is 0.241. The Labute approximate surface area is 137 Å². The van der Waals surface area contributed by atoms with Crippen molar-refractivity contribution in [2.45, 2.75) is 51.2 Å². The van der Waals surface area contributed by atoms with Gasteiger partial charge in [-0.1, -0.05) is 18.2 Å². The number of benzene rings is 1. The maximum absolute atomic E-state index is 11.9. The minimum atomic E-state index is 0.241. The molecule has 0 radical (unpaired) electrons. The molecule has 4 heteroatoms. The molecule has 2 aliphatic rings. The third-order valence-electron chi connectivity index (χ3n) is 5.35. The lowest BCUT2D eigenvalue weighted by molar-refractivity contribution is -0.130. The van der Waals surface area contributed by atoms with Crippen LogP contribution in [0.15, 0.2) is 30.5 Å². The number of hydrogen-bond acceptors (Lipinski definition) is 2. The van der Waals surface area contributed by atoms with E-state index in [0.717, 1.165) is 19.6 Å². The molecule has 4 nitrogen and oxygen atoms in total. The SMILES string of the molecule is CC(=O)N(CC1CCCN1Cc1cccc2cc[nH]c12)C1CC1. The van der Waals surface area contributed by atoms with E-state index in [0.29, 0.717) is 12.1 Å². The number of H-pyrrole nitrogens is 1. The molecule has 1 saturated carbocycles. The summed E-state index contributed by atoms with van der Waals surface area (Å²) in [6, 6.07) is 9.67. The van der Waals surface area contributed by atoms with Gasteiger partial charge in [-0.15, -0.1) is 0 Å². The molecule has 1 aromatic heterocycles. The summed E-state index contributed by atoms with van der Waals surface area (Å²) in [6.45, 7) is 4.73. The molecule has 2 heterocycles. The first-order chi connectivity index (χ1) is 11.2. The number of nitrogens with one attached hydrogen (secondary N) is 1. The Morgan fingerprint density at radius 1 is 1.30 bits per heavy atom. The Kier molecular flexibility index (Phi) is 3.85. The average Bonchev–Trinajstić information content (AvgIpc) is 3.08. The van der Waals surface area contributed by atoms with Crippen LogP contribution in [0.5, 0.6) is 0 Å². The summed E-state index contributed by atoms with van der Waals surface area (Å²) in [6.07, 6.45) is 6.83.